The molecule has 2 heterocycles. The standard InChI is InChI=1S/C26H23ClFN5O/c1-3-20(34)14-18-13-17(7-10-22(18)28)25-23(29-2)16-30-26(32-25)31-19-8-9-21(27)24(15-19)33-11-5-4-6-12-33/h3,7-10,13,15-16H,1,4-6,11-12,14H2,(H,30,31,32). The van der Waals surface area contributed by atoms with E-state index in [1.165, 1.54) is 30.8 Å². The highest BCUT2D eigenvalue weighted by molar-refractivity contribution is 6.33. The van der Waals surface area contributed by atoms with Crippen LogP contribution < -0.4 is 10.2 Å². The van der Waals surface area contributed by atoms with Gasteiger partial charge in [-0.2, -0.15) is 0 Å². The predicted molar refractivity (Wildman–Crippen MR) is 133 cm³/mol. The summed E-state index contributed by atoms with van der Waals surface area (Å²) in [5.74, 6) is -0.497. The Hall–Kier alpha value is -3.76. The lowest BCUT2D eigenvalue weighted by molar-refractivity contribution is -0.114. The van der Waals surface area contributed by atoms with Crippen molar-refractivity contribution in [1.29, 1.82) is 0 Å². The van der Waals surface area contributed by atoms with Crippen LogP contribution in [0.1, 0.15) is 24.8 Å². The molecule has 8 heteroatoms. The molecule has 0 unspecified atom stereocenters. The van der Waals surface area contributed by atoms with Gasteiger partial charge in [-0.1, -0.05) is 24.2 Å². The third kappa shape index (κ3) is 5.24. The average molecular weight is 476 g/mol. The molecule has 3 aromatic rings. The van der Waals surface area contributed by atoms with Crippen molar-refractivity contribution in [3.63, 3.8) is 0 Å². The van der Waals surface area contributed by atoms with Crippen LogP contribution in [0.2, 0.25) is 5.02 Å². The number of carbonyl (C=O) groups is 1. The van der Waals surface area contributed by atoms with Gasteiger partial charge in [-0.3, -0.25) is 4.79 Å². The first-order valence-electron chi connectivity index (χ1n) is 11.0. The van der Waals surface area contributed by atoms with E-state index >= 15 is 0 Å². The Bertz CT molecular complexity index is 1280. The molecule has 0 radical (unpaired) electrons. The quantitative estimate of drug-likeness (QED) is 0.311. The number of nitrogens with zero attached hydrogens (tertiary/aromatic N) is 4. The highest BCUT2D eigenvalue weighted by Gasteiger charge is 2.16. The van der Waals surface area contributed by atoms with E-state index < -0.39 is 5.82 Å². The van der Waals surface area contributed by atoms with Crippen LogP contribution in [0.15, 0.2) is 55.3 Å². The number of aromatic nitrogens is 2. The molecule has 0 spiro atoms. The zero-order valence-electron chi connectivity index (χ0n) is 18.5. The molecule has 0 saturated carbocycles. The van der Waals surface area contributed by atoms with E-state index in [9.17, 15) is 9.18 Å². The molecule has 0 atom stereocenters. The van der Waals surface area contributed by atoms with E-state index in [-0.39, 0.29) is 23.5 Å². The fraction of sp³-hybridized carbons (Fsp3) is 0.231. The first-order chi connectivity index (χ1) is 16.5. The van der Waals surface area contributed by atoms with E-state index in [2.05, 4.69) is 31.6 Å². The highest BCUT2D eigenvalue weighted by atomic mass is 35.5. The SMILES string of the molecule is [C-]#[N+]c1cnc(Nc2ccc(Cl)c(N3CCCCC3)c2)nc1-c1ccc(F)c(CC(=O)C=C)c1. The van der Waals surface area contributed by atoms with Crippen molar-refractivity contribution in [2.45, 2.75) is 25.7 Å². The van der Waals surface area contributed by atoms with Crippen LogP contribution in [0.4, 0.5) is 27.4 Å². The second kappa shape index (κ2) is 10.4. The zero-order valence-corrected chi connectivity index (χ0v) is 19.3. The lowest BCUT2D eigenvalue weighted by atomic mass is 10.0. The van der Waals surface area contributed by atoms with Crippen LogP contribution in [-0.2, 0) is 11.2 Å². The largest absolute Gasteiger partial charge is 0.370 e. The third-order valence-corrected chi connectivity index (χ3v) is 6.02. The Morgan fingerprint density at radius 2 is 2.03 bits per heavy atom. The fourth-order valence-corrected chi connectivity index (χ4v) is 4.18. The molecule has 4 rings (SSSR count). The number of piperidine rings is 1. The van der Waals surface area contributed by atoms with Gasteiger partial charge in [-0.25, -0.2) is 19.2 Å². The van der Waals surface area contributed by atoms with Crippen LogP contribution in [0.5, 0.6) is 0 Å². The van der Waals surface area contributed by atoms with Crippen LogP contribution in [0.3, 0.4) is 0 Å². The number of ketones is 1. The highest BCUT2D eigenvalue weighted by Crippen LogP contribution is 2.34. The first kappa shape index (κ1) is 23.4. The average Bonchev–Trinajstić information content (AvgIpc) is 2.87. The molecule has 34 heavy (non-hydrogen) atoms. The topological polar surface area (TPSA) is 62.5 Å². The summed E-state index contributed by atoms with van der Waals surface area (Å²) < 4.78 is 14.2. The summed E-state index contributed by atoms with van der Waals surface area (Å²) in [6.45, 7) is 12.9. The number of anilines is 3. The summed E-state index contributed by atoms with van der Waals surface area (Å²) >= 11 is 6.46. The Kier molecular flexibility index (Phi) is 7.19. The Labute approximate surface area is 202 Å². The minimum Gasteiger partial charge on any atom is -0.370 e. The Morgan fingerprint density at radius 3 is 2.76 bits per heavy atom. The molecular weight excluding hydrogens is 453 g/mol. The normalized spacial score (nSPS) is 13.3. The van der Waals surface area contributed by atoms with Gasteiger partial charge >= 0.3 is 0 Å². The fourth-order valence-electron chi connectivity index (χ4n) is 3.94. The summed E-state index contributed by atoms with van der Waals surface area (Å²) in [6, 6.07) is 10.00. The Morgan fingerprint density at radius 1 is 1.24 bits per heavy atom. The maximum absolute atomic E-state index is 14.2. The number of allylic oxidation sites excluding steroid dienone is 1. The van der Waals surface area contributed by atoms with Gasteiger partial charge in [0.05, 0.1) is 23.0 Å². The summed E-state index contributed by atoms with van der Waals surface area (Å²) in [5.41, 5.74) is 3.04. The maximum Gasteiger partial charge on any atom is 0.230 e. The van der Waals surface area contributed by atoms with Gasteiger partial charge in [0.2, 0.25) is 11.6 Å². The number of rotatable bonds is 7. The molecule has 1 aliphatic rings. The molecule has 1 aliphatic heterocycles. The van der Waals surface area contributed by atoms with Crippen molar-refractivity contribution in [1.82, 2.24) is 9.97 Å². The zero-order chi connectivity index (χ0) is 24.1. The van der Waals surface area contributed by atoms with Crippen molar-refractivity contribution in [2.24, 2.45) is 0 Å². The van der Waals surface area contributed by atoms with Gasteiger partial charge in [0.1, 0.15) is 5.82 Å². The lowest BCUT2D eigenvalue weighted by Crippen LogP contribution is -2.29. The van der Waals surface area contributed by atoms with Crippen LogP contribution >= 0.6 is 11.6 Å². The van der Waals surface area contributed by atoms with Gasteiger partial charge in [-0.15, -0.1) is 0 Å². The van der Waals surface area contributed by atoms with Crippen molar-refractivity contribution in [3.8, 4) is 11.3 Å². The minimum absolute atomic E-state index is 0.114. The maximum atomic E-state index is 14.2. The Balaban J connectivity index is 1.65. The number of hydrogen-bond donors (Lipinski definition) is 1. The van der Waals surface area contributed by atoms with Crippen LogP contribution in [0, 0.1) is 12.4 Å². The molecule has 1 N–H and O–H groups in total. The molecule has 1 fully saturated rings. The van der Waals surface area contributed by atoms with E-state index in [4.69, 9.17) is 18.2 Å². The number of benzene rings is 2. The van der Waals surface area contributed by atoms with E-state index in [1.807, 2.05) is 18.2 Å². The van der Waals surface area contributed by atoms with Crippen molar-refractivity contribution >= 4 is 40.4 Å². The molecule has 6 nitrogen and oxygen atoms in total. The monoisotopic (exact) mass is 475 g/mol. The molecule has 1 aromatic heterocycles. The van der Waals surface area contributed by atoms with Gasteiger partial charge in [0, 0.05) is 31.4 Å². The summed E-state index contributed by atoms with van der Waals surface area (Å²) in [7, 11) is 0. The lowest BCUT2D eigenvalue weighted by Gasteiger charge is -2.30. The first-order valence-corrected chi connectivity index (χ1v) is 11.4. The molecule has 0 bridgehead atoms. The number of hydrogen-bond acceptors (Lipinski definition) is 5. The van der Waals surface area contributed by atoms with E-state index in [0.29, 0.717) is 22.2 Å². The van der Waals surface area contributed by atoms with Crippen molar-refractivity contribution in [2.75, 3.05) is 23.3 Å². The molecule has 0 amide bonds. The molecule has 0 aliphatic carbocycles. The molecule has 2 aromatic carbocycles. The predicted octanol–water partition coefficient (Wildman–Crippen LogP) is 6.52. The van der Waals surface area contributed by atoms with Crippen LogP contribution in [-0.4, -0.2) is 28.8 Å². The molecule has 1 saturated heterocycles. The third-order valence-electron chi connectivity index (χ3n) is 5.70. The number of carbonyl (C=O) groups excluding carboxylic acids is 1. The summed E-state index contributed by atoms with van der Waals surface area (Å²) in [5, 5.41) is 3.87. The van der Waals surface area contributed by atoms with Gasteiger partial charge in [0.15, 0.2) is 5.78 Å². The molecular formula is C26H23ClFN5O. The van der Waals surface area contributed by atoms with Gasteiger partial charge in [0.25, 0.3) is 0 Å². The smallest absolute Gasteiger partial charge is 0.230 e. The van der Waals surface area contributed by atoms with Gasteiger partial charge < -0.3 is 10.2 Å². The number of nitrogens with one attached hydrogen (secondary N) is 1. The number of halogens is 2. The van der Waals surface area contributed by atoms with E-state index in [1.54, 1.807) is 0 Å². The summed E-state index contributed by atoms with van der Waals surface area (Å²) in [6.07, 6.45) is 5.97. The minimum atomic E-state index is -0.498. The van der Waals surface area contributed by atoms with Gasteiger partial charge in [-0.05, 0) is 66.8 Å². The van der Waals surface area contributed by atoms with Crippen LogP contribution in [0.25, 0.3) is 16.1 Å². The van der Waals surface area contributed by atoms with Crippen molar-refractivity contribution < 1.29 is 9.18 Å². The second-order valence-electron chi connectivity index (χ2n) is 8.03. The van der Waals surface area contributed by atoms with E-state index in [0.717, 1.165) is 43.4 Å². The van der Waals surface area contributed by atoms with Crippen molar-refractivity contribution in [3.05, 3.63) is 83.1 Å². The molecule has 172 valence electrons. The second-order valence-corrected chi connectivity index (χ2v) is 8.44. The summed E-state index contributed by atoms with van der Waals surface area (Å²) in [4.78, 5) is 26.3.